The molecule has 0 bridgehead atoms. The van der Waals surface area contributed by atoms with Crippen molar-refractivity contribution in [3.05, 3.63) is 35.9 Å². The van der Waals surface area contributed by atoms with E-state index in [9.17, 15) is 28.8 Å². The van der Waals surface area contributed by atoms with Gasteiger partial charge in [0, 0.05) is 12.1 Å². The molecule has 0 radical (unpaired) electrons. The Morgan fingerprint density at radius 1 is 0.875 bits per heavy atom. The minimum Gasteiger partial charge on any atom is -0.363 e. The molecule has 266 valence electrons. The third-order valence-corrected chi connectivity index (χ3v) is 10.1. The summed E-state index contributed by atoms with van der Waals surface area (Å²) in [7, 11) is 0. The van der Waals surface area contributed by atoms with Gasteiger partial charge in [-0.1, -0.05) is 104 Å². The minimum atomic E-state index is -1.11. The monoisotopic (exact) mass is 667 g/mol. The number of nitrogens with two attached hydrogens (primary N) is 1. The second kappa shape index (κ2) is 17.1. The highest BCUT2D eigenvalue weighted by Gasteiger charge is 2.44. The van der Waals surface area contributed by atoms with Crippen molar-refractivity contribution in [3.63, 3.8) is 0 Å². The Kier molecular flexibility index (Phi) is 13.8. The number of ketones is 2. The molecule has 11 heteroatoms. The van der Waals surface area contributed by atoms with E-state index < -0.39 is 59.1 Å². The van der Waals surface area contributed by atoms with E-state index >= 15 is 0 Å². The summed E-state index contributed by atoms with van der Waals surface area (Å²) >= 11 is 0. The van der Waals surface area contributed by atoms with Crippen LogP contribution in [0.25, 0.3) is 0 Å². The van der Waals surface area contributed by atoms with E-state index in [1.54, 1.807) is 31.2 Å². The maximum Gasteiger partial charge on any atom is 0.316 e. The van der Waals surface area contributed by atoms with Crippen LogP contribution in [0.1, 0.15) is 110 Å². The maximum atomic E-state index is 14.5. The molecule has 2 saturated carbocycles. The summed E-state index contributed by atoms with van der Waals surface area (Å²) in [6.45, 7) is 13.2. The van der Waals surface area contributed by atoms with E-state index in [0.717, 1.165) is 44.9 Å². The maximum absolute atomic E-state index is 14.5. The van der Waals surface area contributed by atoms with Crippen molar-refractivity contribution >= 4 is 35.3 Å². The Morgan fingerprint density at radius 3 is 1.98 bits per heavy atom. The number of nitrogens with one attached hydrogen (secondary N) is 3. The van der Waals surface area contributed by atoms with Crippen molar-refractivity contribution < 1.29 is 28.8 Å². The van der Waals surface area contributed by atoms with Crippen molar-refractivity contribution in [3.8, 4) is 0 Å². The van der Waals surface area contributed by atoms with Crippen LogP contribution in [0.3, 0.4) is 0 Å². The number of Topliss-reactive ketones (excluding diaryl/α,β-unsaturated/α-hetero) is 2. The number of amides is 5. The lowest BCUT2D eigenvalue weighted by Crippen LogP contribution is -2.63. The molecule has 11 nitrogen and oxygen atoms in total. The second-order valence-corrected chi connectivity index (χ2v) is 15.2. The Bertz CT molecular complexity index is 1300. The smallest absolute Gasteiger partial charge is 0.316 e. The molecule has 0 heterocycles. The fourth-order valence-electron chi connectivity index (χ4n) is 6.64. The Labute approximate surface area is 285 Å². The quantitative estimate of drug-likeness (QED) is 0.151. The van der Waals surface area contributed by atoms with E-state index in [1.807, 2.05) is 47.6 Å². The molecule has 0 saturated heterocycles. The highest BCUT2D eigenvalue weighted by molar-refractivity contribution is 6.37. The highest BCUT2D eigenvalue weighted by atomic mass is 16.2. The van der Waals surface area contributed by atoms with E-state index in [0.29, 0.717) is 12.0 Å². The molecule has 48 heavy (non-hydrogen) atoms. The summed E-state index contributed by atoms with van der Waals surface area (Å²) in [5.41, 5.74) is 5.06. The predicted octanol–water partition coefficient (Wildman–Crippen LogP) is 4.38. The molecule has 1 aromatic rings. The van der Waals surface area contributed by atoms with Crippen molar-refractivity contribution in [2.45, 2.75) is 124 Å². The molecule has 2 aliphatic rings. The standard InChI is InChI=1S/C37H57N5O6/c1-8-42(29(23(4)22(2)3)34(46)39-27(21-24-19-20-24)31(44)33(38)45)35(47)32(37(5,6)7)41-36(48)40-28(25-15-11-9-12-16-25)30(43)26-17-13-10-14-18-26/h10,13-14,17-18,22-25,27-29,32H,8-9,11-12,15-16,19-21H2,1-7H3,(H2,38,45)(H,39,46)(H2,40,41,48)/t23-,27?,28+,29+,32-/m1/s1. The van der Waals surface area contributed by atoms with Gasteiger partial charge >= 0.3 is 6.03 Å². The normalized spacial score (nSPS) is 18.5. The molecule has 1 unspecified atom stereocenters. The van der Waals surface area contributed by atoms with Gasteiger partial charge in [0.25, 0.3) is 5.91 Å². The van der Waals surface area contributed by atoms with Crippen LogP contribution in [0.4, 0.5) is 4.79 Å². The Balaban J connectivity index is 1.89. The first kappa shape index (κ1) is 38.7. The zero-order valence-corrected chi connectivity index (χ0v) is 29.8. The van der Waals surface area contributed by atoms with Gasteiger partial charge in [-0.2, -0.15) is 0 Å². The van der Waals surface area contributed by atoms with Crippen LogP contribution >= 0.6 is 0 Å². The van der Waals surface area contributed by atoms with E-state index in [2.05, 4.69) is 16.0 Å². The third-order valence-electron chi connectivity index (χ3n) is 10.1. The van der Waals surface area contributed by atoms with Gasteiger partial charge in [0.15, 0.2) is 5.78 Å². The molecule has 2 aliphatic carbocycles. The fourth-order valence-corrected chi connectivity index (χ4v) is 6.64. The summed E-state index contributed by atoms with van der Waals surface area (Å²) in [6.07, 6.45) is 6.80. The number of nitrogens with zero attached hydrogens (tertiary/aromatic N) is 1. The summed E-state index contributed by atoms with van der Waals surface area (Å²) in [5.74, 6) is -3.32. The van der Waals surface area contributed by atoms with Crippen LogP contribution in [0.2, 0.25) is 0 Å². The summed E-state index contributed by atoms with van der Waals surface area (Å²) in [4.78, 5) is 81.9. The van der Waals surface area contributed by atoms with E-state index in [-0.39, 0.29) is 36.0 Å². The van der Waals surface area contributed by atoms with Crippen LogP contribution in [0.15, 0.2) is 30.3 Å². The molecule has 0 spiro atoms. The Morgan fingerprint density at radius 2 is 1.48 bits per heavy atom. The lowest BCUT2D eigenvalue weighted by Gasteiger charge is -2.41. The number of benzene rings is 1. The number of primary amides is 1. The third kappa shape index (κ3) is 10.4. The SMILES string of the molecule is CCN(C(=O)[C@@H](NC(=O)N[C@H](C(=O)c1ccccc1)C1CCCCC1)C(C)(C)C)[C@H](C(=O)NC(CC1CC1)C(=O)C(N)=O)[C@H](C)C(C)C. The topological polar surface area (TPSA) is 168 Å². The molecule has 1 aromatic carbocycles. The van der Waals surface area contributed by atoms with Crippen LogP contribution in [-0.2, 0) is 19.2 Å². The van der Waals surface area contributed by atoms with Crippen LogP contribution in [0, 0.1) is 29.1 Å². The highest BCUT2D eigenvalue weighted by Crippen LogP contribution is 2.34. The number of likely N-dealkylation sites (N-methyl/N-ethyl adjacent to an activating group) is 1. The molecule has 3 rings (SSSR count). The predicted molar refractivity (Wildman–Crippen MR) is 185 cm³/mol. The molecule has 5 N–H and O–H groups in total. The van der Waals surface area contributed by atoms with Crippen molar-refractivity contribution in [1.82, 2.24) is 20.9 Å². The van der Waals surface area contributed by atoms with Gasteiger partial charge in [0.2, 0.25) is 17.6 Å². The van der Waals surface area contributed by atoms with Gasteiger partial charge < -0.3 is 26.6 Å². The zero-order chi connectivity index (χ0) is 35.8. The summed E-state index contributed by atoms with van der Waals surface area (Å²) in [5, 5.41) is 8.58. The average Bonchev–Trinajstić information content (AvgIpc) is 3.87. The average molecular weight is 668 g/mol. The first-order chi connectivity index (χ1) is 22.6. The molecule has 0 aromatic heterocycles. The van der Waals surface area contributed by atoms with Gasteiger partial charge in [-0.15, -0.1) is 0 Å². The number of urea groups is 1. The largest absolute Gasteiger partial charge is 0.363 e. The number of hydrogen-bond donors (Lipinski definition) is 4. The molecule has 0 aliphatic heterocycles. The van der Waals surface area contributed by atoms with Gasteiger partial charge in [-0.3, -0.25) is 24.0 Å². The van der Waals surface area contributed by atoms with Gasteiger partial charge in [0.05, 0.1) is 12.1 Å². The van der Waals surface area contributed by atoms with Crippen molar-refractivity contribution in [2.75, 3.05) is 6.54 Å². The second-order valence-electron chi connectivity index (χ2n) is 15.2. The van der Waals surface area contributed by atoms with Gasteiger partial charge in [0.1, 0.15) is 12.1 Å². The lowest BCUT2D eigenvalue weighted by molar-refractivity contribution is -0.147. The molecular weight excluding hydrogens is 610 g/mol. The number of carbonyl (C=O) groups excluding carboxylic acids is 6. The molecule has 2 fully saturated rings. The minimum absolute atomic E-state index is 0.0269. The first-order valence-electron chi connectivity index (χ1n) is 17.7. The van der Waals surface area contributed by atoms with Crippen molar-refractivity contribution in [1.29, 1.82) is 0 Å². The van der Waals surface area contributed by atoms with Gasteiger partial charge in [-0.05, 0) is 55.3 Å². The van der Waals surface area contributed by atoms with Crippen LogP contribution in [0.5, 0.6) is 0 Å². The fraction of sp³-hybridized carbons (Fsp3) is 0.676. The molecular formula is C37H57N5O6. The first-order valence-corrected chi connectivity index (χ1v) is 17.7. The van der Waals surface area contributed by atoms with Crippen LogP contribution in [-0.4, -0.2) is 70.9 Å². The van der Waals surface area contributed by atoms with Gasteiger partial charge in [-0.25, -0.2) is 4.79 Å². The molecule has 5 atom stereocenters. The Hall–Kier alpha value is -3.76. The number of hydrogen-bond acceptors (Lipinski definition) is 6. The summed E-state index contributed by atoms with van der Waals surface area (Å²) in [6, 6.07) is 4.40. The lowest BCUT2D eigenvalue weighted by atomic mass is 9.81. The number of rotatable bonds is 16. The summed E-state index contributed by atoms with van der Waals surface area (Å²) < 4.78 is 0. The van der Waals surface area contributed by atoms with E-state index in [4.69, 9.17) is 5.73 Å². The van der Waals surface area contributed by atoms with Crippen molar-refractivity contribution in [2.24, 2.45) is 34.8 Å². The number of carbonyl (C=O) groups is 6. The van der Waals surface area contributed by atoms with E-state index in [1.165, 1.54) is 4.90 Å². The zero-order valence-electron chi connectivity index (χ0n) is 29.8. The molecule has 5 amide bonds. The van der Waals surface area contributed by atoms with Crippen LogP contribution < -0.4 is 21.7 Å².